The molecule has 0 aliphatic carbocycles. The van der Waals surface area contributed by atoms with E-state index in [9.17, 15) is 4.79 Å². The first-order valence-corrected chi connectivity index (χ1v) is 5.15. The summed E-state index contributed by atoms with van der Waals surface area (Å²) in [6, 6.07) is 9.09. The lowest BCUT2D eigenvalue weighted by molar-refractivity contribution is 0.0580. The van der Waals surface area contributed by atoms with Crippen LogP contribution in [0.25, 0.3) is 0 Å². The molecule has 17 heavy (non-hydrogen) atoms. The average Bonchev–Trinajstić information content (AvgIpc) is 2.35. The van der Waals surface area contributed by atoms with Crippen molar-refractivity contribution < 1.29 is 4.79 Å². The van der Waals surface area contributed by atoms with Gasteiger partial charge in [-0.25, -0.2) is 15.6 Å². The number of hydrogen-bond donors (Lipinski definition) is 2. The highest BCUT2D eigenvalue weighted by molar-refractivity contribution is 5.73. The molecule has 88 valence electrons. The van der Waals surface area contributed by atoms with Gasteiger partial charge in [0.05, 0.1) is 11.6 Å². The van der Waals surface area contributed by atoms with Crippen molar-refractivity contribution >= 4 is 6.03 Å². The normalized spacial score (nSPS) is 17.1. The first-order chi connectivity index (χ1) is 8.11. The molecule has 0 unspecified atom stereocenters. The Kier molecular flexibility index (Phi) is 2.95. The summed E-state index contributed by atoms with van der Waals surface area (Å²) in [6.45, 7) is 0. The van der Waals surface area contributed by atoms with Crippen LogP contribution in [0.3, 0.4) is 0 Å². The van der Waals surface area contributed by atoms with Crippen LogP contribution < -0.4 is 10.9 Å². The topological polar surface area (TPSA) is 71.4 Å². The second-order valence-electron chi connectivity index (χ2n) is 3.83. The van der Waals surface area contributed by atoms with Gasteiger partial charge in [0, 0.05) is 14.1 Å². The zero-order valence-corrected chi connectivity index (χ0v) is 9.64. The van der Waals surface area contributed by atoms with Crippen molar-refractivity contribution in [2.75, 3.05) is 14.1 Å². The van der Waals surface area contributed by atoms with Crippen LogP contribution in [0.1, 0.15) is 17.3 Å². The molecule has 0 aromatic heterocycles. The van der Waals surface area contributed by atoms with Crippen molar-refractivity contribution in [2.45, 2.75) is 6.17 Å². The summed E-state index contributed by atoms with van der Waals surface area (Å²) in [5.74, 6) is 0. The number of carbonyl (C=O) groups is 1. The third-order valence-electron chi connectivity index (χ3n) is 2.59. The second kappa shape index (κ2) is 4.41. The smallest absolute Gasteiger partial charge is 0.260 e. The standard InChI is InChI=1S/C11H13N5O/c1-15-11(17)16(2)14-10(13-15)9-5-3-8(7-12)4-6-9/h3-6,10,13-14H,1-2H3. The van der Waals surface area contributed by atoms with E-state index in [4.69, 9.17) is 5.26 Å². The molecule has 6 heteroatoms. The molecular weight excluding hydrogens is 218 g/mol. The summed E-state index contributed by atoms with van der Waals surface area (Å²) in [4.78, 5) is 11.5. The predicted octanol–water partition coefficient (Wildman–Crippen LogP) is 0.563. The van der Waals surface area contributed by atoms with E-state index in [0.717, 1.165) is 5.56 Å². The lowest BCUT2D eigenvalue weighted by atomic mass is 10.1. The van der Waals surface area contributed by atoms with Crippen LogP contribution >= 0.6 is 0 Å². The molecule has 0 bridgehead atoms. The number of nitrogens with one attached hydrogen (secondary N) is 2. The highest BCUT2D eigenvalue weighted by Gasteiger charge is 2.26. The quantitative estimate of drug-likeness (QED) is 0.741. The Hall–Kier alpha value is -2.10. The molecule has 1 aromatic carbocycles. The van der Waals surface area contributed by atoms with Gasteiger partial charge in [0.2, 0.25) is 0 Å². The van der Waals surface area contributed by atoms with Crippen LogP contribution in [0.2, 0.25) is 0 Å². The maximum atomic E-state index is 11.5. The van der Waals surface area contributed by atoms with Gasteiger partial charge in [-0.1, -0.05) is 12.1 Å². The van der Waals surface area contributed by atoms with E-state index in [1.807, 2.05) is 12.1 Å². The fourth-order valence-electron chi connectivity index (χ4n) is 1.65. The third-order valence-corrected chi connectivity index (χ3v) is 2.59. The molecule has 1 aliphatic rings. The Balaban J connectivity index is 2.17. The summed E-state index contributed by atoms with van der Waals surface area (Å²) >= 11 is 0. The first-order valence-electron chi connectivity index (χ1n) is 5.15. The molecule has 0 spiro atoms. The minimum Gasteiger partial charge on any atom is -0.260 e. The maximum Gasteiger partial charge on any atom is 0.348 e. The van der Waals surface area contributed by atoms with E-state index >= 15 is 0 Å². The van der Waals surface area contributed by atoms with Gasteiger partial charge in [-0.05, 0) is 17.7 Å². The molecule has 6 nitrogen and oxygen atoms in total. The Morgan fingerprint density at radius 3 is 2.18 bits per heavy atom. The number of hydrogen-bond acceptors (Lipinski definition) is 4. The van der Waals surface area contributed by atoms with Crippen molar-refractivity contribution in [3.63, 3.8) is 0 Å². The molecule has 2 rings (SSSR count). The van der Waals surface area contributed by atoms with Gasteiger partial charge < -0.3 is 0 Å². The zero-order chi connectivity index (χ0) is 12.4. The molecule has 2 N–H and O–H groups in total. The van der Waals surface area contributed by atoms with Gasteiger partial charge in [0.1, 0.15) is 6.17 Å². The molecule has 1 aliphatic heterocycles. The molecule has 0 atom stereocenters. The monoisotopic (exact) mass is 231 g/mol. The van der Waals surface area contributed by atoms with Gasteiger partial charge in [-0.15, -0.1) is 0 Å². The number of rotatable bonds is 1. The number of hydrazine groups is 2. The van der Waals surface area contributed by atoms with Crippen LogP contribution in [0.4, 0.5) is 4.79 Å². The minimum atomic E-state index is -0.185. The summed E-state index contributed by atoms with van der Waals surface area (Å²) in [6.07, 6.45) is -0.185. The number of nitriles is 1. The maximum absolute atomic E-state index is 11.5. The van der Waals surface area contributed by atoms with E-state index in [1.165, 1.54) is 10.0 Å². The van der Waals surface area contributed by atoms with Crippen molar-refractivity contribution in [3.8, 4) is 6.07 Å². The SMILES string of the molecule is CN1NC(c2ccc(C#N)cc2)NN(C)C1=O. The highest BCUT2D eigenvalue weighted by Crippen LogP contribution is 2.15. The van der Waals surface area contributed by atoms with Crippen molar-refractivity contribution in [3.05, 3.63) is 35.4 Å². The number of amides is 2. The lowest BCUT2D eigenvalue weighted by Crippen LogP contribution is -2.62. The largest absolute Gasteiger partial charge is 0.348 e. The summed E-state index contributed by atoms with van der Waals surface area (Å²) in [7, 11) is 3.33. The number of benzene rings is 1. The highest BCUT2D eigenvalue weighted by atomic mass is 16.2. The summed E-state index contributed by atoms with van der Waals surface area (Å²) in [5, 5.41) is 11.5. The molecule has 2 amide bonds. The zero-order valence-electron chi connectivity index (χ0n) is 9.64. The Labute approximate surface area is 99.4 Å². The third kappa shape index (κ3) is 2.20. The molecular formula is C11H13N5O. The molecule has 0 saturated carbocycles. The van der Waals surface area contributed by atoms with E-state index in [-0.39, 0.29) is 12.2 Å². The predicted molar refractivity (Wildman–Crippen MR) is 61.1 cm³/mol. The van der Waals surface area contributed by atoms with Crippen LogP contribution in [-0.2, 0) is 0 Å². The van der Waals surface area contributed by atoms with E-state index < -0.39 is 0 Å². The molecule has 1 saturated heterocycles. The van der Waals surface area contributed by atoms with Gasteiger partial charge in [-0.3, -0.25) is 10.0 Å². The molecule has 0 radical (unpaired) electrons. The lowest BCUT2D eigenvalue weighted by Gasteiger charge is -2.38. The number of nitrogens with zero attached hydrogens (tertiary/aromatic N) is 3. The fourth-order valence-corrected chi connectivity index (χ4v) is 1.65. The van der Waals surface area contributed by atoms with E-state index in [1.54, 1.807) is 26.2 Å². The second-order valence-corrected chi connectivity index (χ2v) is 3.83. The van der Waals surface area contributed by atoms with Crippen LogP contribution in [0.15, 0.2) is 24.3 Å². The van der Waals surface area contributed by atoms with Gasteiger partial charge >= 0.3 is 6.03 Å². The summed E-state index contributed by atoms with van der Waals surface area (Å²) < 4.78 is 0. The van der Waals surface area contributed by atoms with Gasteiger partial charge in [0.15, 0.2) is 0 Å². The van der Waals surface area contributed by atoms with Crippen molar-refractivity contribution in [1.29, 1.82) is 5.26 Å². The Bertz CT molecular complexity index is 450. The molecule has 1 fully saturated rings. The van der Waals surface area contributed by atoms with Gasteiger partial charge in [-0.2, -0.15) is 5.26 Å². The number of carbonyl (C=O) groups excluding carboxylic acids is 1. The average molecular weight is 231 g/mol. The Morgan fingerprint density at radius 1 is 1.18 bits per heavy atom. The van der Waals surface area contributed by atoms with Crippen molar-refractivity contribution in [2.24, 2.45) is 0 Å². The molecule has 1 heterocycles. The Morgan fingerprint density at radius 2 is 1.71 bits per heavy atom. The minimum absolute atomic E-state index is 0.158. The van der Waals surface area contributed by atoms with E-state index in [0.29, 0.717) is 5.56 Å². The van der Waals surface area contributed by atoms with Crippen LogP contribution in [0.5, 0.6) is 0 Å². The van der Waals surface area contributed by atoms with Crippen molar-refractivity contribution in [1.82, 2.24) is 20.9 Å². The number of urea groups is 1. The van der Waals surface area contributed by atoms with Crippen LogP contribution in [0, 0.1) is 11.3 Å². The first kappa shape index (κ1) is 11.4. The summed E-state index contributed by atoms with van der Waals surface area (Å²) in [5.41, 5.74) is 7.56. The molecule has 1 aromatic rings. The van der Waals surface area contributed by atoms with Crippen LogP contribution in [-0.4, -0.2) is 30.1 Å². The van der Waals surface area contributed by atoms with E-state index in [2.05, 4.69) is 16.9 Å². The fraction of sp³-hybridized carbons (Fsp3) is 0.273. The van der Waals surface area contributed by atoms with Gasteiger partial charge in [0.25, 0.3) is 0 Å².